The van der Waals surface area contributed by atoms with Crippen LogP contribution in [-0.4, -0.2) is 16.3 Å². The fraction of sp³-hybridized carbons (Fsp3) is 0.769. The van der Waals surface area contributed by atoms with Gasteiger partial charge in [-0.25, -0.2) is 0 Å². The Morgan fingerprint density at radius 3 is 2.65 bits per heavy atom. The number of aryl methyl sites for hydroxylation is 2. The van der Waals surface area contributed by atoms with Gasteiger partial charge in [-0.15, -0.1) is 12.4 Å². The number of halogens is 1. The van der Waals surface area contributed by atoms with Gasteiger partial charge in [0.05, 0.1) is 11.9 Å². The van der Waals surface area contributed by atoms with Crippen molar-refractivity contribution in [3.8, 4) is 0 Å². The molecular weight excluding hydrogens is 234 g/mol. The van der Waals surface area contributed by atoms with E-state index in [2.05, 4.69) is 35.9 Å². The molecule has 0 aliphatic heterocycles. The second kappa shape index (κ2) is 9.49. The van der Waals surface area contributed by atoms with Gasteiger partial charge in [0.25, 0.3) is 0 Å². The van der Waals surface area contributed by atoms with Crippen LogP contribution < -0.4 is 5.32 Å². The van der Waals surface area contributed by atoms with Crippen LogP contribution in [0.1, 0.15) is 50.8 Å². The average Bonchev–Trinajstić information content (AvgIpc) is 2.65. The molecule has 0 aliphatic rings. The topological polar surface area (TPSA) is 29.9 Å². The maximum atomic E-state index is 4.34. The molecule has 0 unspecified atom stereocenters. The fourth-order valence-corrected chi connectivity index (χ4v) is 1.89. The molecular formula is C13H26ClN3. The third-order valence-corrected chi connectivity index (χ3v) is 2.96. The highest BCUT2D eigenvalue weighted by Gasteiger charge is 2.04. The van der Waals surface area contributed by atoms with E-state index in [1.165, 1.54) is 36.9 Å². The van der Waals surface area contributed by atoms with Gasteiger partial charge in [0.1, 0.15) is 0 Å². The molecule has 1 rings (SSSR count). The number of nitrogens with zero attached hydrogens (tertiary/aromatic N) is 2. The van der Waals surface area contributed by atoms with Crippen molar-refractivity contribution < 1.29 is 0 Å². The van der Waals surface area contributed by atoms with Crippen molar-refractivity contribution in [2.75, 3.05) is 6.54 Å². The maximum Gasteiger partial charge on any atom is 0.0551 e. The van der Waals surface area contributed by atoms with Crippen molar-refractivity contribution in [3.63, 3.8) is 0 Å². The molecule has 17 heavy (non-hydrogen) atoms. The molecule has 0 saturated carbocycles. The predicted octanol–water partition coefficient (Wildman–Crippen LogP) is 3.30. The normalized spacial score (nSPS) is 10.3. The first kappa shape index (κ1) is 16.5. The van der Waals surface area contributed by atoms with Crippen LogP contribution in [0.5, 0.6) is 0 Å². The zero-order valence-corrected chi connectivity index (χ0v) is 12.1. The van der Waals surface area contributed by atoms with E-state index in [-0.39, 0.29) is 12.4 Å². The molecule has 0 fully saturated rings. The van der Waals surface area contributed by atoms with Gasteiger partial charge in [-0.3, -0.25) is 4.68 Å². The van der Waals surface area contributed by atoms with Crippen molar-refractivity contribution >= 4 is 12.4 Å². The van der Waals surface area contributed by atoms with Crippen LogP contribution in [0.25, 0.3) is 0 Å². The molecule has 1 heterocycles. The Morgan fingerprint density at radius 2 is 2.00 bits per heavy atom. The molecule has 0 bridgehead atoms. The molecule has 0 amide bonds. The minimum Gasteiger partial charge on any atom is -0.311 e. The molecule has 0 spiro atoms. The number of aromatic nitrogens is 2. The highest BCUT2D eigenvalue weighted by Crippen LogP contribution is 2.06. The monoisotopic (exact) mass is 259 g/mol. The van der Waals surface area contributed by atoms with Crippen molar-refractivity contribution in [3.05, 3.63) is 17.5 Å². The molecule has 4 heteroatoms. The summed E-state index contributed by atoms with van der Waals surface area (Å²) in [5, 5.41) is 7.84. The molecule has 100 valence electrons. The van der Waals surface area contributed by atoms with E-state index in [0.717, 1.165) is 19.6 Å². The molecule has 0 saturated heterocycles. The minimum absolute atomic E-state index is 0. The zero-order chi connectivity index (χ0) is 11.8. The summed E-state index contributed by atoms with van der Waals surface area (Å²) >= 11 is 0. The summed E-state index contributed by atoms with van der Waals surface area (Å²) in [6.07, 6.45) is 7.25. The summed E-state index contributed by atoms with van der Waals surface area (Å²) in [5.41, 5.74) is 2.63. The van der Waals surface area contributed by atoms with Gasteiger partial charge < -0.3 is 5.32 Å². The summed E-state index contributed by atoms with van der Waals surface area (Å²) in [7, 11) is 0. The van der Waals surface area contributed by atoms with Crippen LogP contribution in [0.4, 0.5) is 0 Å². The van der Waals surface area contributed by atoms with E-state index in [4.69, 9.17) is 0 Å². The Morgan fingerprint density at radius 1 is 1.24 bits per heavy atom. The van der Waals surface area contributed by atoms with Crippen LogP contribution in [0.3, 0.4) is 0 Å². The largest absolute Gasteiger partial charge is 0.311 e. The Hall–Kier alpha value is -0.540. The van der Waals surface area contributed by atoms with E-state index in [1.807, 2.05) is 6.20 Å². The lowest BCUT2D eigenvalue weighted by molar-refractivity contribution is 0.556. The second-order valence-electron chi connectivity index (χ2n) is 4.33. The van der Waals surface area contributed by atoms with Gasteiger partial charge in [-0.05, 0) is 32.4 Å². The van der Waals surface area contributed by atoms with E-state index in [1.54, 1.807) is 0 Å². The molecule has 1 N–H and O–H groups in total. The van der Waals surface area contributed by atoms with Crippen LogP contribution in [0.15, 0.2) is 6.20 Å². The van der Waals surface area contributed by atoms with Gasteiger partial charge >= 0.3 is 0 Å². The zero-order valence-electron chi connectivity index (χ0n) is 11.3. The van der Waals surface area contributed by atoms with Crippen molar-refractivity contribution in [1.82, 2.24) is 15.1 Å². The molecule has 0 aromatic carbocycles. The van der Waals surface area contributed by atoms with Gasteiger partial charge in [-0.1, -0.05) is 26.2 Å². The van der Waals surface area contributed by atoms with Gasteiger partial charge in [0, 0.05) is 13.1 Å². The van der Waals surface area contributed by atoms with E-state index in [0.29, 0.717) is 0 Å². The first-order valence-electron chi connectivity index (χ1n) is 6.51. The summed E-state index contributed by atoms with van der Waals surface area (Å²) in [4.78, 5) is 0. The molecule has 0 atom stereocenters. The predicted molar refractivity (Wildman–Crippen MR) is 75.7 cm³/mol. The number of nitrogens with one attached hydrogen (secondary N) is 1. The molecule has 1 aromatic rings. The highest BCUT2D eigenvalue weighted by molar-refractivity contribution is 5.85. The summed E-state index contributed by atoms with van der Waals surface area (Å²) in [6, 6.07) is 0. The SMILES string of the molecule is CCCCCCNCc1c(C)cnn1CC.Cl. The van der Waals surface area contributed by atoms with Gasteiger partial charge in [-0.2, -0.15) is 5.10 Å². The van der Waals surface area contributed by atoms with Crippen LogP contribution >= 0.6 is 12.4 Å². The molecule has 1 aromatic heterocycles. The Balaban J connectivity index is 0.00000256. The Kier molecular flexibility index (Phi) is 9.18. The smallest absolute Gasteiger partial charge is 0.0551 e. The number of rotatable bonds is 8. The summed E-state index contributed by atoms with van der Waals surface area (Å²) in [6.45, 7) is 9.54. The fourth-order valence-electron chi connectivity index (χ4n) is 1.89. The lowest BCUT2D eigenvalue weighted by Crippen LogP contribution is -2.18. The van der Waals surface area contributed by atoms with Crippen LogP contribution in [0, 0.1) is 6.92 Å². The van der Waals surface area contributed by atoms with E-state index >= 15 is 0 Å². The average molecular weight is 260 g/mol. The summed E-state index contributed by atoms with van der Waals surface area (Å²) in [5.74, 6) is 0. The lowest BCUT2D eigenvalue weighted by Gasteiger charge is -2.08. The quantitative estimate of drug-likeness (QED) is 0.726. The third-order valence-electron chi connectivity index (χ3n) is 2.96. The minimum atomic E-state index is 0. The van der Waals surface area contributed by atoms with Gasteiger partial charge in [0.2, 0.25) is 0 Å². The van der Waals surface area contributed by atoms with Crippen LogP contribution in [0.2, 0.25) is 0 Å². The van der Waals surface area contributed by atoms with Gasteiger partial charge in [0.15, 0.2) is 0 Å². The van der Waals surface area contributed by atoms with Crippen molar-refractivity contribution in [2.24, 2.45) is 0 Å². The highest BCUT2D eigenvalue weighted by atomic mass is 35.5. The lowest BCUT2D eigenvalue weighted by atomic mass is 10.2. The van der Waals surface area contributed by atoms with Crippen LogP contribution in [-0.2, 0) is 13.1 Å². The standard InChI is InChI=1S/C13H25N3.ClH/c1-4-6-7-8-9-14-11-13-12(3)10-15-16(13)5-2;/h10,14H,4-9,11H2,1-3H3;1H. The Bertz CT molecular complexity index is 297. The molecule has 3 nitrogen and oxygen atoms in total. The maximum absolute atomic E-state index is 4.34. The number of unbranched alkanes of at least 4 members (excludes halogenated alkanes) is 3. The molecule has 0 radical (unpaired) electrons. The first-order valence-corrected chi connectivity index (χ1v) is 6.51. The van der Waals surface area contributed by atoms with Crippen molar-refractivity contribution in [2.45, 2.75) is 59.5 Å². The van der Waals surface area contributed by atoms with E-state index in [9.17, 15) is 0 Å². The summed E-state index contributed by atoms with van der Waals surface area (Å²) < 4.78 is 2.08. The Labute approximate surface area is 111 Å². The number of hydrogen-bond acceptors (Lipinski definition) is 2. The van der Waals surface area contributed by atoms with Crippen molar-refractivity contribution in [1.29, 1.82) is 0 Å². The number of hydrogen-bond donors (Lipinski definition) is 1. The molecule has 0 aliphatic carbocycles. The third kappa shape index (κ3) is 5.55. The van der Waals surface area contributed by atoms with E-state index < -0.39 is 0 Å². The first-order chi connectivity index (χ1) is 7.79. The second-order valence-corrected chi connectivity index (χ2v) is 4.33.